The number of nitro benzene ring substituents is 1. The highest BCUT2D eigenvalue weighted by molar-refractivity contribution is 5.76. The zero-order valence-corrected chi connectivity index (χ0v) is 11.5. The maximum absolute atomic E-state index is 11.5. The third kappa shape index (κ3) is 3.14. The predicted molar refractivity (Wildman–Crippen MR) is 73.8 cm³/mol. The molecule has 6 heteroatoms. The van der Waals surface area contributed by atoms with Gasteiger partial charge in [-0.05, 0) is 17.7 Å². The zero-order valence-electron chi connectivity index (χ0n) is 11.5. The number of rotatable bonds is 4. The smallest absolute Gasteiger partial charge is 0.269 e. The van der Waals surface area contributed by atoms with Crippen LogP contribution in [0.2, 0.25) is 0 Å². The molecular weight excluding hydrogens is 260 g/mol. The number of ether oxygens (including phenoxy) is 1. The SMILES string of the molecule is CN(C)C(=O)CCC1=Cc2ccc([N+](=O)[O-])cc2CO1. The molecular formula is C14H16N2O4. The van der Waals surface area contributed by atoms with Crippen LogP contribution >= 0.6 is 0 Å². The molecule has 1 heterocycles. The molecule has 1 aliphatic rings. The van der Waals surface area contributed by atoms with Crippen LogP contribution in [0.15, 0.2) is 24.0 Å². The van der Waals surface area contributed by atoms with E-state index in [0.29, 0.717) is 19.4 Å². The van der Waals surface area contributed by atoms with Crippen LogP contribution in [-0.2, 0) is 16.1 Å². The van der Waals surface area contributed by atoms with Crippen LogP contribution in [0.5, 0.6) is 0 Å². The average molecular weight is 276 g/mol. The fourth-order valence-electron chi connectivity index (χ4n) is 1.96. The monoisotopic (exact) mass is 276 g/mol. The van der Waals surface area contributed by atoms with Crippen molar-refractivity contribution >= 4 is 17.7 Å². The van der Waals surface area contributed by atoms with Crippen molar-refractivity contribution in [3.05, 3.63) is 45.2 Å². The molecule has 0 bridgehead atoms. The molecule has 0 radical (unpaired) electrons. The van der Waals surface area contributed by atoms with Crippen molar-refractivity contribution in [2.24, 2.45) is 0 Å². The molecule has 1 aliphatic heterocycles. The van der Waals surface area contributed by atoms with Crippen molar-refractivity contribution in [2.75, 3.05) is 14.1 Å². The van der Waals surface area contributed by atoms with E-state index in [1.54, 1.807) is 25.1 Å². The highest BCUT2D eigenvalue weighted by Crippen LogP contribution is 2.27. The largest absolute Gasteiger partial charge is 0.493 e. The standard InChI is InChI=1S/C14H16N2O4/c1-15(2)14(17)6-5-13-8-10-3-4-12(16(18)19)7-11(10)9-20-13/h3-4,7-8H,5-6,9H2,1-2H3. The first-order chi connectivity index (χ1) is 9.47. The van der Waals surface area contributed by atoms with Gasteiger partial charge >= 0.3 is 0 Å². The van der Waals surface area contributed by atoms with E-state index < -0.39 is 4.92 Å². The molecule has 0 aliphatic carbocycles. The van der Waals surface area contributed by atoms with Crippen molar-refractivity contribution in [3.63, 3.8) is 0 Å². The summed E-state index contributed by atoms with van der Waals surface area (Å²) in [4.78, 5) is 23.3. The number of nitrogens with zero attached hydrogens (tertiary/aromatic N) is 2. The molecule has 2 rings (SSSR count). The Hall–Kier alpha value is -2.37. The van der Waals surface area contributed by atoms with Crippen LogP contribution in [0.3, 0.4) is 0 Å². The zero-order chi connectivity index (χ0) is 14.7. The fourth-order valence-corrected chi connectivity index (χ4v) is 1.96. The van der Waals surface area contributed by atoms with E-state index in [1.165, 1.54) is 12.1 Å². The van der Waals surface area contributed by atoms with E-state index in [2.05, 4.69) is 0 Å². The Morgan fingerprint density at radius 3 is 2.85 bits per heavy atom. The van der Waals surface area contributed by atoms with Gasteiger partial charge in [-0.1, -0.05) is 0 Å². The van der Waals surface area contributed by atoms with Gasteiger partial charge in [-0.2, -0.15) is 0 Å². The van der Waals surface area contributed by atoms with Gasteiger partial charge in [0.25, 0.3) is 5.69 Å². The van der Waals surface area contributed by atoms with Crippen molar-refractivity contribution < 1.29 is 14.5 Å². The highest BCUT2D eigenvalue weighted by atomic mass is 16.6. The lowest BCUT2D eigenvalue weighted by Crippen LogP contribution is -2.21. The van der Waals surface area contributed by atoms with Gasteiger partial charge in [0, 0.05) is 44.6 Å². The Balaban J connectivity index is 2.09. The molecule has 1 aromatic carbocycles. The summed E-state index contributed by atoms with van der Waals surface area (Å²) in [7, 11) is 3.43. The van der Waals surface area contributed by atoms with Crippen LogP contribution in [-0.4, -0.2) is 29.8 Å². The highest BCUT2D eigenvalue weighted by Gasteiger charge is 2.16. The summed E-state index contributed by atoms with van der Waals surface area (Å²) >= 11 is 0. The van der Waals surface area contributed by atoms with Crippen molar-refractivity contribution in [1.82, 2.24) is 4.90 Å². The van der Waals surface area contributed by atoms with Crippen LogP contribution in [0.4, 0.5) is 5.69 Å². The van der Waals surface area contributed by atoms with E-state index in [1.807, 2.05) is 6.08 Å². The summed E-state index contributed by atoms with van der Waals surface area (Å²) in [5, 5.41) is 10.7. The minimum absolute atomic E-state index is 0.0454. The summed E-state index contributed by atoms with van der Waals surface area (Å²) in [6.07, 6.45) is 2.76. The van der Waals surface area contributed by atoms with Crippen molar-refractivity contribution in [3.8, 4) is 0 Å². The maximum atomic E-state index is 11.5. The summed E-state index contributed by atoms with van der Waals surface area (Å²) in [5.41, 5.74) is 1.77. The number of hydrogen-bond donors (Lipinski definition) is 0. The lowest BCUT2D eigenvalue weighted by Gasteiger charge is -2.18. The van der Waals surface area contributed by atoms with Gasteiger partial charge in [0.15, 0.2) is 0 Å². The Kier molecular flexibility index (Phi) is 4.02. The first kappa shape index (κ1) is 14.0. The summed E-state index contributed by atoms with van der Waals surface area (Å²) in [6.45, 7) is 0.305. The van der Waals surface area contributed by atoms with E-state index in [4.69, 9.17) is 4.74 Å². The summed E-state index contributed by atoms with van der Waals surface area (Å²) in [6, 6.07) is 4.71. The normalized spacial score (nSPS) is 13.0. The number of non-ortho nitro benzene ring substituents is 1. The molecule has 0 saturated heterocycles. The minimum atomic E-state index is -0.421. The van der Waals surface area contributed by atoms with Crippen molar-refractivity contribution in [1.29, 1.82) is 0 Å². The van der Waals surface area contributed by atoms with Crippen LogP contribution in [0, 0.1) is 10.1 Å². The molecule has 0 aromatic heterocycles. The number of allylic oxidation sites excluding steroid dienone is 1. The molecule has 0 atom stereocenters. The van der Waals surface area contributed by atoms with Gasteiger partial charge in [0.05, 0.1) is 10.7 Å². The third-order valence-corrected chi connectivity index (χ3v) is 3.15. The molecule has 0 fully saturated rings. The molecule has 6 nitrogen and oxygen atoms in total. The quantitative estimate of drug-likeness (QED) is 0.625. The van der Waals surface area contributed by atoms with E-state index in [-0.39, 0.29) is 11.6 Å². The fraction of sp³-hybridized carbons (Fsp3) is 0.357. The second kappa shape index (κ2) is 5.73. The maximum Gasteiger partial charge on any atom is 0.269 e. The van der Waals surface area contributed by atoms with Gasteiger partial charge in [0.1, 0.15) is 6.61 Å². The van der Waals surface area contributed by atoms with E-state index in [0.717, 1.165) is 16.9 Å². The molecule has 106 valence electrons. The second-order valence-corrected chi connectivity index (χ2v) is 4.83. The molecule has 1 amide bonds. The molecule has 0 unspecified atom stereocenters. The topological polar surface area (TPSA) is 72.7 Å². The Morgan fingerprint density at radius 2 is 2.20 bits per heavy atom. The van der Waals surface area contributed by atoms with E-state index >= 15 is 0 Å². The second-order valence-electron chi connectivity index (χ2n) is 4.83. The first-order valence-corrected chi connectivity index (χ1v) is 6.28. The number of carbonyl (C=O) groups is 1. The van der Waals surface area contributed by atoms with Crippen molar-refractivity contribution in [2.45, 2.75) is 19.4 Å². The lowest BCUT2D eigenvalue weighted by molar-refractivity contribution is -0.385. The minimum Gasteiger partial charge on any atom is -0.493 e. The van der Waals surface area contributed by atoms with Crippen LogP contribution in [0.1, 0.15) is 24.0 Å². The molecule has 20 heavy (non-hydrogen) atoms. The average Bonchev–Trinajstić information content (AvgIpc) is 2.43. The third-order valence-electron chi connectivity index (χ3n) is 3.15. The molecule has 0 saturated carbocycles. The first-order valence-electron chi connectivity index (χ1n) is 6.28. The van der Waals surface area contributed by atoms with Crippen LogP contribution in [0.25, 0.3) is 6.08 Å². The molecule has 0 N–H and O–H groups in total. The van der Waals surface area contributed by atoms with Gasteiger partial charge < -0.3 is 9.64 Å². The summed E-state index contributed by atoms with van der Waals surface area (Å²) in [5.74, 6) is 0.783. The Morgan fingerprint density at radius 1 is 1.45 bits per heavy atom. The Bertz CT molecular complexity index is 579. The number of nitro groups is 1. The molecule has 0 spiro atoms. The number of fused-ring (bicyclic) bond motifs is 1. The summed E-state index contributed by atoms with van der Waals surface area (Å²) < 4.78 is 5.54. The number of amides is 1. The van der Waals surface area contributed by atoms with Gasteiger partial charge in [-0.15, -0.1) is 0 Å². The van der Waals surface area contributed by atoms with Crippen LogP contribution < -0.4 is 0 Å². The molecule has 1 aromatic rings. The van der Waals surface area contributed by atoms with Gasteiger partial charge in [-0.25, -0.2) is 0 Å². The predicted octanol–water partition coefficient (Wildman–Crippen LogP) is 2.33. The van der Waals surface area contributed by atoms with Gasteiger partial charge in [0.2, 0.25) is 5.91 Å². The lowest BCUT2D eigenvalue weighted by atomic mass is 10.0. The number of hydrogen-bond acceptors (Lipinski definition) is 4. The number of carbonyl (C=O) groups excluding carboxylic acids is 1. The Labute approximate surface area is 116 Å². The number of benzene rings is 1. The van der Waals surface area contributed by atoms with Gasteiger partial charge in [-0.3, -0.25) is 14.9 Å². The van der Waals surface area contributed by atoms with E-state index in [9.17, 15) is 14.9 Å².